The molecule has 0 fully saturated rings. The molecule has 0 aliphatic heterocycles. The molecule has 1 aromatic heterocycles. The van der Waals surface area contributed by atoms with Crippen molar-refractivity contribution in [2.24, 2.45) is 0 Å². The SMILES string of the molecule is Cc1c(Cl)cccc1NC(=O)c1cc(C(=O)Nc2ccccc2)ccn1. The number of anilines is 2. The molecule has 0 aliphatic carbocycles. The number of halogens is 1. The van der Waals surface area contributed by atoms with E-state index in [2.05, 4.69) is 15.6 Å². The zero-order valence-electron chi connectivity index (χ0n) is 14.0. The Morgan fingerprint density at radius 3 is 2.46 bits per heavy atom. The lowest BCUT2D eigenvalue weighted by molar-refractivity contribution is 0.102. The fourth-order valence-electron chi connectivity index (χ4n) is 2.35. The first-order valence-electron chi connectivity index (χ1n) is 7.93. The molecule has 26 heavy (non-hydrogen) atoms. The van der Waals surface area contributed by atoms with Crippen LogP contribution in [0.1, 0.15) is 26.4 Å². The molecule has 0 saturated carbocycles. The third kappa shape index (κ3) is 4.07. The van der Waals surface area contributed by atoms with E-state index < -0.39 is 5.91 Å². The topological polar surface area (TPSA) is 71.1 Å². The molecule has 5 nitrogen and oxygen atoms in total. The van der Waals surface area contributed by atoms with Crippen molar-refractivity contribution < 1.29 is 9.59 Å². The molecule has 6 heteroatoms. The molecule has 130 valence electrons. The molecule has 0 atom stereocenters. The lowest BCUT2D eigenvalue weighted by Gasteiger charge is -2.10. The van der Waals surface area contributed by atoms with Gasteiger partial charge in [-0.3, -0.25) is 14.6 Å². The summed E-state index contributed by atoms with van der Waals surface area (Å²) in [5, 5.41) is 6.10. The first-order valence-corrected chi connectivity index (χ1v) is 8.31. The summed E-state index contributed by atoms with van der Waals surface area (Å²) in [5.41, 5.74) is 2.53. The quantitative estimate of drug-likeness (QED) is 0.712. The summed E-state index contributed by atoms with van der Waals surface area (Å²) in [6.07, 6.45) is 1.43. The van der Waals surface area contributed by atoms with E-state index in [0.29, 0.717) is 22.0 Å². The average Bonchev–Trinajstić information content (AvgIpc) is 2.66. The van der Waals surface area contributed by atoms with Crippen LogP contribution in [0, 0.1) is 6.92 Å². The van der Waals surface area contributed by atoms with Crippen molar-refractivity contribution in [2.75, 3.05) is 10.6 Å². The van der Waals surface area contributed by atoms with Crippen LogP contribution in [-0.4, -0.2) is 16.8 Å². The van der Waals surface area contributed by atoms with Gasteiger partial charge in [-0.1, -0.05) is 35.9 Å². The molecule has 0 spiro atoms. The van der Waals surface area contributed by atoms with E-state index >= 15 is 0 Å². The second kappa shape index (κ2) is 7.80. The highest BCUT2D eigenvalue weighted by Gasteiger charge is 2.13. The van der Waals surface area contributed by atoms with E-state index in [1.54, 1.807) is 36.4 Å². The number of hydrogen-bond donors (Lipinski definition) is 2. The number of hydrogen-bond acceptors (Lipinski definition) is 3. The van der Waals surface area contributed by atoms with Crippen molar-refractivity contribution >= 4 is 34.8 Å². The summed E-state index contributed by atoms with van der Waals surface area (Å²) in [4.78, 5) is 28.9. The summed E-state index contributed by atoms with van der Waals surface area (Å²) in [7, 11) is 0. The van der Waals surface area contributed by atoms with Gasteiger partial charge in [0.2, 0.25) is 0 Å². The van der Waals surface area contributed by atoms with Crippen LogP contribution in [0.2, 0.25) is 5.02 Å². The third-order valence-corrected chi connectivity index (χ3v) is 4.21. The minimum absolute atomic E-state index is 0.144. The number of carbonyl (C=O) groups is 2. The first-order chi connectivity index (χ1) is 12.5. The fourth-order valence-corrected chi connectivity index (χ4v) is 2.52. The lowest BCUT2D eigenvalue weighted by Crippen LogP contribution is -2.17. The van der Waals surface area contributed by atoms with E-state index in [-0.39, 0.29) is 11.6 Å². The van der Waals surface area contributed by atoms with Gasteiger partial charge in [0.15, 0.2) is 0 Å². The van der Waals surface area contributed by atoms with E-state index in [4.69, 9.17) is 11.6 Å². The number of nitrogens with one attached hydrogen (secondary N) is 2. The Hall–Kier alpha value is -3.18. The van der Waals surface area contributed by atoms with Gasteiger partial charge in [0.1, 0.15) is 5.69 Å². The maximum absolute atomic E-state index is 12.5. The maximum Gasteiger partial charge on any atom is 0.274 e. The molecular formula is C20H16ClN3O2. The van der Waals surface area contributed by atoms with Gasteiger partial charge in [-0.2, -0.15) is 0 Å². The Bertz CT molecular complexity index is 958. The molecule has 0 radical (unpaired) electrons. The second-order valence-electron chi connectivity index (χ2n) is 5.62. The standard InChI is InChI=1S/C20H16ClN3O2/c1-13-16(21)8-5-9-17(13)24-20(26)18-12-14(10-11-22-18)19(25)23-15-6-3-2-4-7-15/h2-12H,1H3,(H,23,25)(H,24,26). The minimum Gasteiger partial charge on any atom is -0.322 e. The van der Waals surface area contributed by atoms with Gasteiger partial charge in [-0.05, 0) is 48.9 Å². The van der Waals surface area contributed by atoms with Crippen molar-refractivity contribution in [2.45, 2.75) is 6.92 Å². The van der Waals surface area contributed by atoms with Crippen LogP contribution in [0.5, 0.6) is 0 Å². The number of nitrogens with zero attached hydrogens (tertiary/aromatic N) is 1. The van der Waals surface area contributed by atoms with Crippen LogP contribution in [0.25, 0.3) is 0 Å². The average molecular weight is 366 g/mol. The molecule has 0 aliphatic rings. The predicted octanol–water partition coefficient (Wildman–Crippen LogP) is 4.55. The van der Waals surface area contributed by atoms with E-state index in [0.717, 1.165) is 5.56 Å². The highest BCUT2D eigenvalue weighted by molar-refractivity contribution is 6.31. The number of rotatable bonds is 4. The summed E-state index contributed by atoms with van der Waals surface area (Å²) >= 11 is 6.07. The van der Waals surface area contributed by atoms with Crippen molar-refractivity contribution in [3.8, 4) is 0 Å². The normalized spacial score (nSPS) is 10.2. The molecule has 0 unspecified atom stereocenters. The molecule has 2 aromatic carbocycles. The number of carbonyl (C=O) groups excluding carboxylic acids is 2. The van der Waals surface area contributed by atoms with Crippen molar-refractivity contribution in [3.63, 3.8) is 0 Å². The number of pyridine rings is 1. The molecule has 2 N–H and O–H groups in total. The third-order valence-electron chi connectivity index (χ3n) is 3.80. The lowest BCUT2D eigenvalue weighted by atomic mass is 10.1. The van der Waals surface area contributed by atoms with Crippen LogP contribution >= 0.6 is 11.6 Å². The van der Waals surface area contributed by atoms with Crippen LogP contribution in [0.3, 0.4) is 0 Å². The Kier molecular flexibility index (Phi) is 5.29. The minimum atomic E-state index is -0.412. The molecule has 3 rings (SSSR count). The van der Waals surface area contributed by atoms with Crippen LogP contribution in [-0.2, 0) is 0 Å². The van der Waals surface area contributed by atoms with Crippen LogP contribution < -0.4 is 10.6 Å². The number of para-hydroxylation sites is 1. The predicted molar refractivity (Wildman–Crippen MR) is 103 cm³/mol. The fraction of sp³-hybridized carbons (Fsp3) is 0.0500. The maximum atomic E-state index is 12.5. The molecule has 3 aromatic rings. The zero-order valence-corrected chi connectivity index (χ0v) is 14.7. The zero-order chi connectivity index (χ0) is 18.5. The summed E-state index contributed by atoms with van der Waals surface area (Å²) in [6.45, 7) is 1.81. The highest BCUT2D eigenvalue weighted by atomic mass is 35.5. The molecular weight excluding hydrogens is 350 g/mol. The van der Waals surface area contributed by atoms with Gasteiger partial charge in [0.25, 0.3) is 11.8 Å². The van der Waals surface area contributed by atoms with Crippen molar-refractivity contribution in [1.82, 2.24) is 4.98 Å². The molecule has 2 amide bonds. The van der Waals surface area contributed by atoms with Gasteiger partial charge >= 0.3 is 0 Å². The Balaban J connectivity index is 1.77. The number of benzene rings is 2. The summed E-state index contributed by atoms with van der Waals surface area (Å²) in [6, 6.07) is 17.4. The Morgan fingerprint density at radius 1 is 0.923 bits per heavy atom. The second-order valence-corrected chi connectivity index (χ2v) is 6.02. The van der Waals surface area contributed by atoms with E-state index in [9.17, 15) is 9.59 Å². The van der Waals surface area contributed by atoms with E-state index in [1.807, 2.05) is 25.1 Å². The van der Waals surface area contributed by atoms with Gasteiger partial charge in [-0.25, -0.2) is 0 Å². The highest BCUT2D eigenvalue weighted by Crippen LogP contribution is 2.23. The van der Waals surface area contributed by atoms with Crippen LogP contribution in [0.4, 0.5) is 11.4 Å². The van der Waals surface area contributed by atoms with Gasteiger partial charge in [0, 0.05) is 28.2 Å². The van der Waals surface area contributed by atoms with Gasteiger partial charge < -0.3 is 10.6 Å². The Labute approximate surface area is 156 Å². The smallest absolute Gasteiger partial charge is 0.274 e. The summed E-state index contributed by atoms with van der Waals surface area (Å²) in [5.74, 6) is -0.726. The van der Waals surface area contributed by atoms with Crippen molar-refractivity contribution in [3.05, 3.63) is 88.7 Å². The molecule has 1 heterocycles. The number of amides is 2. The van der Waals surface area contributed by atoms with Crippen molar-refractivity contribution in [1.29, 1.82) is 0 Å². The number of aromatic nitrogens is 1. The first kappa shape index (κ1) is 17.6. The summed E-state index contributed by atoms with van der Waals surface area (Å²) < 4.78 is 0. The monoisotopic (exact) mass is 365 g/mol. The molecule has 0 saturated heterocycles. The Morgan fingerprint density at radius 2 is 1.69 bits per heavy atom. The van der Waals surface area contributed by atoms with E-state index in [1.165, 1.54) is 12.3 Å². The van der Waals surface area contributed by atoms with Gasteiger partial charge in [-0.15, -0.1) is 0 Å². The molecule has 0 bridgehead atoms. The van der Waals surface area contributed by atoms with Gasteiger partial charge in [0.05, 0.1) is 0 Å². The van der Waals surface area contributed by atoms with Crippen LogP contribution in [0.15, 0.2) is 66.9 Å². The largest absolute Gasteiger partial charge is 0.322 e.